The standard InChI is InChI=1S/C34H46N2O4Si/c1-24(35-20-32(40-41(5,6)34(2,3)4)27-14-15-31(38)30(19-27)23-37)16-25-10-9-11-26(17-25)18-33(39)36-21-28-12-7-8-13-29(28)22-36/h7-15,17,19,24,32,35,37-38H,16,18,20-23H2,1-6H3/t24-,32+/m1/s1. The Kier molecular flexibility index (Phi) is 9.75. The van der Waals surface area contributed by atoms with Crippen LogP contribution < -0.4 is 5.32 Å². The fraction of sp³-hybridized carbons (Fsp3) is 0.441. The van der Waals surface area contributed by atoms with Crippen LogP contribution >= 0.6 is 0 Å². The van der Waals surface area contributed by atoms with Gasteiger partial charge in [-0.2, -0.15) is 0 Å². The number of aliphatic hydroxyl groups is 1. The number of benzene rings is 3. The number of amides is 1. The number of fused-ring (bicyclic) bond motifs is 1. The monoisotopic (exact) mass is 574 g/mol. The molecule has 4 rings (SSSR count). The summed E-state index contributed by atoms with van der Waals surface area (Å²) < 4.78 is 6.83. The molecule has 0 fully saturated rings. The average molecular weight is 575 g/mol. The minimum atomic E-state index is -2.09. The van der Waals surface area contributed by atoms with E-state index in [4.69, 9.17) is 4.43 Å². The van der Waals surface area contributed by atoms with E-state index >= 15 is 0 Å². The molecule has 1 amide bonds. The number of carbonyl (C=O) groups excluding carboxylic acids is 1. The summed E-state index contributed by atoms with van der Waals surface area (Å²) in [6.45, 7) is 15.1. The first-order valence-electron chi connectivity index (χ1n) is 14.6. The van der Waals surface area contributed by atoms with Gasteiger partial charge in [-0.3, -0.25) is 4.79 Å². The van der Waals surface area contributed by atoms with Crippen LogP contribution in [0.1, 0.15) is 67.2 Å². The molecule has 0 saturated heterocycles. The zero-order chi connectivity index (χ0) is 29.8. The first-order valence-corrected chi connectivity index (χ1v) is 17.5. The van der Waals surface area contributed by atoms with Crippen LogP contribution in [-0.2, 0) is 41.8 Å². The van der Waals surface area contributed by atoms with E-state index in [1.54, 1.807) is 6.07 Å². The lowest BCUT2D eigenvalue weighted by molar-refractivity contribution is -0.131. The van der Waals surface area contributed by atoms with Gasteiger partial charge in [0.15, 0.2) is 8.32 Å². The van der Waals surface area contributed by atoms with Crippen LogP contribution in [-0.4, -0.2) is 41.9 Å². The number of phenols is 1. The van der Waals surface area contributed by atoms with E-state index in [9.17, 15) is 15.0 Å². The largest absolute Gasteiger partial charge is 0.508 e. The van der Waals surface area contributed by atoms with Crippen LogP contribution in [0.3, 0.4) is 0 Å². The van der Waals surface area contributed by atoms with Crippen LogP contribution in [0.5, 0.6) is 5.75 Å². The van der Waals surface area contributed by atoms with Crippen LogP contribution in [0.2, 0.25) is 18.1 Å². The molecule has 3 aromatic carbocycles. The summed E-state index contributed by atoms with van der Waals surface area (Å²) in [5.74, 6) is 0.252. The highest BCUT2D eigenvalue weighted by molar-refractivity contribution is 6.74. The molecule has 2 atom stereocenters. The van der Waals surface area contributed by atoms with Gasteiger partial charge in [-0.1, -0.05) is 75.4 Å². The molecule has 3 N–H and O–H groups in total. The maximum Gasteiger partial charge on any atom is 0.227 e. The number of carbonyl (C=O) groups is 1. The lowest BCUT2D eigenvalue weighted by Crippen LogP contribution is -2.44. The first kappa shape index (κ1) is 31.0. The molecule has 41 heavy (non-hydrogen) atoms. The molecule has 1 aliphatic rings. The molecule has 1 heterocycles. The summed E-state index contributed by atoms with van der Waals surface area (Å²) in [6.07, 6.45) is 1.01. The van der Waals surface area contributed by atoms with Crippen molar-refractivity contribution in [2.24, 2.45) is 0 Å². The van der Waals surface area contributed by atoms with E-state index in [1.165, 1.54) is 16.7 Å². The van der Waals surface area contributed by atoms with Gasteiger partial charge in [0.25, 0.3) is 0 Å². The highest BCUT2D eigenvalue weighted by atomic mass is 28.4. The van der Waals surface area contributed by atoms with Crippen molar-refractivity contribution in [1.29, 1.82) is 0 Å². The summed E-state index contributed by atoms with van der Waals surface area (Å²) in [5, 5.41) is 23.5. The van der Waals surface area contributed by atoms with E-state index in [2.05, 4.69) is 70.4 Å². The first-order chi connectivity index (χ1) is 19.4. The van der Waals surface area contributed by atoms with E-state index in [0.29, 0.717) is 31.6 Å². The lowest BCUT2D eigenvalue weighted by Gasteiger charge is -2.40. The number of hydrogen-bond donors (Lipinski definition) is 3. The Morgan fingerprint density at radius 1 is 1.00 bits per heavy atom. The Balaban J connectivity index is 1.39. The lowest BCUT2D eigenvalue weighted by atomic mass is 10.0. The minimum Gasteiger partial charge on any atom is -0.508 e. The zero-order valence-corrected chi connectivity index (χ0v) is 26.4. The van der Waals surface area contributed by atoms with Gasteiger partial charge in [-0.25, -0.2) is 0 Å². The molecule has 220 valence electrons. The van der Waals surface area contributed by atoms with Crippen molar-refractivity contribution in [2.45, 2.75) is 90.5 Å². The molecule has 0 radical (unpaired) electrons. The van der Waals surface area contributed by atoms with Crippen molar-refractivity contribution in [3.63, 3.8) is 0 Å². The molecular formula is C34H46N2O4Si. The van der Waals surface area contributed by atoms with E-state index in [1.807, 2.05) is 41.3 Å². The van der Waals surface area contributed by atoms with Gasteiger partial charge in [-0.05, 0) is 71.4 Å². The molecule has 7 heteroatoms. The van der Waals surface area contributed by atoms with Crippen molar-refractivity contribution < 1.29 is 19.4 Å². The molecular weight excluding hydrogens is 528 g/mol. The van der Waals surface area contributed by atoms with E-state index < -0.39 is 8.32 Å². The summed E-state index contributed by atoms with van der Waals surface area (Å²) in [6, 6.07) is 22.2. The fourth-order valence-corrected chi connectivity index (χ4v) is 6.37. The minimum absolute atomic E-state index is 0.0450. The number of aliphatic hydroxyl groups excluding tert-OH is 1. The Labute approximate surface area is 246 Å². The van der Waals surface area contributed by atoms with E-state index in [0.717, 1.165) is 17.5 Å². The zero-order valence-electron chi connectivity index (χ0n) is 25.4. The quantitative estimate of drug-likeness (QED) is 0.236. The van der Waals surface area contributed by atoms with Gasteiger partial charge in [0.2, 0.25) is 5.91 Å². The summed E-state index contributed by atoms with van der Waals surface area (Å²) >= 11 is 0. The molecule has 0 spiro atoms. The summed E-state index contributed by atoms with van der Waals surface area (Å²) in [7, 11) is -2.09. The van der Waals surface area contributed by atoms with Crippen molar-refractivity contribution in [3.05, 3.63) is 100 Å². The van der Waals surface area contributed by atoms with Crippen LogP contribution in [0.4, 0.5) is 0 Å². The second-order valence-electron chi connectivity index (χ2n) is 12.9. The van der Waals surface area contributed by atoms with Crippen molar-refractivity contribution in [1.82, 2.24) is 10.2 Å². The molecule has 0 aromatic heterocycles. The Bertz CT molecular complexity index is 1330. The van der Waals surface area contributed by atoms with Gasteiger partial charge in [-0.15, -0.1) is 0 Å². The predicted molar refractivity (Wildman–Crippen MR) is 167 cm³/mol. The van der Waals surface area contributed by atoms with Crippen molar-refractivity contribution in [2.75, 3.05) is 6.54 Å². The number of hydrogen-bond acceptors (Lipinski definition) is 5. The van der Waals surface area contributed by atoms with Crippen LogP contribution in [0, 0.1) is 0 Å². The van der Waals surface area contributed by atoms with Crippen molar-refractivity contribution >= 4 is 14.2 Å². The van der Waals surface area contributed by atoms with Gasteiger partial charge < -0.3 is 24.9 Å². The highest BCUT2D eigenvalue weighted by Crippen LogP contribution is 2.40. The molecule has 6 nitrogen and oxygen atoms in total. The average Bonchev–Trinajstić information content (AvgIpc) is 3.36. The molecule has 0 bridgehead atoms. The highest BCUT2D eigenvalue weighted by Gasteiger charge is 2.39. The maximum atomic E-state index is 13.1. The van der Waals surface area contributed by atoms with Crippen LogP contribution in [0.25, 0.3) is 0 Å². The van der Waals surface area contributed by atoms with Gasteiger partial charge >= 0.3 is 0 Å². The van der Waals surface area contributed by atoms with Crippen LogP contribution in [0.15, 0.2) is 66.7 Å². The Morgan fingerprint density at radius 3 is 2.29 bits per heavy atom. The third-order valence-corrected chi connectivity index (χ3v) is 13.1. The topological polar surface area (TPSA) is 82.0 Å². The fourth-order valence-electron chi connectivity index (χ4n) is 5.09. The van der Waals surface area contributed by atoms with E-state index in [-0.39, 0.29) is 35.4 Å². The Hall–Kier alpha value is -2.97. The maximum absolute atomic E-state index is 13.1. The smallest absolute Gasteiger partial charge is 0.227 e. The SMILES string of the molecule is C[C@H](Cc1cccc(CC(=O)N2Cc3ccccc3C2)c1)NC[C@H](O[Si](C)(C)C(C)(C)C)c1ccc(O)c(CO)c1. The number of rotatable bonds is 11. The number of nitrogens with zero attached hydrogens (tertiary/aromatic N) is 1. The van der Waals surface area contributed by atoms with Gasteiger partial charge in [0, 0.05) is 31.2 Å². The Morgan fingerprint density at radius 2 is 1.66 bits per heavy atom. The number of aromatic hydroxyl groups is 1. The third-order valence-electron chi connectivity index (χ3n) is 8.62. The molecule has 3 aromatic rings. The predicted octanol–water partition coefficient (Wildman–Crippen LogP) is 6.25. The number of nitrogens with one attached hydrogen (secondary N) is 1. The summed E-state index contributed by atoms with van der Waals surface area (Å²) in [5.41, 5.74) is 6.16. The second kappa shape index (κ2) is 12.9. The molecule has 0 aliphatic carbocycles. The van der Waals surface area contributed by atoms with Gasteiger partial charge in [0.1, 0.15) is 5.75 Å². The normalized spacial score (nSPS) is 15.0. The molecule has 1 aliphatic heterocycles. The van der Waals surface area contributed by atoms with Crippen molar-refractivity contribution in [3.8, 4) is 5.75 Å². The molecule has 0 saturated carbocycles. The van der Waals surface area contributed by atoms with Gasteiger partial charge in [0.05, 0.1) is 19.1 Å². The second-order valence-corrected chi connectivity index (χ2v) is 17.7. The molecule has 0 unspecified atom stereocenters. The summed E-state index contributed by atoms with van der Waals surface area (Å²) in [4.78, 5) is 15.0. The third kappa shape index (κ3) is 7.86.